The van der Waals surface area contributed by atoms with Crippen molar-refractivity contribution in [3.05, 3.63) is 29.8 Å². The van der Waals surface area contributed by atoms with Crippen molar-refractivity contribution >= 4 is 12.1 Å². The minimum atomic E-state index is -1.14. The van der Waals surface area contributed by atoms with Gasteiger partial charge in [-0.15, -0.1) is 0 Å². The van der Waals surface area contributed by atoms with E-state index in [1.54, 1.807) is 26.0 Å². The van der Waals surface area contributed by atoms with Crippen molar-refractivity contribution in [1.82, 2.24) is 5.32 Å². The van der Waals surface area contributed by atoms with Crippen molar-refractivity contribution in [2.75, 3.05) is 0 Å². The third-order valence-corrected chi connectivity index (χ3v) is 2.31. The Morgan fingerprint density at radius 1 is 1.26 bits per heavy atom. The summed E-state index contributed by atoms with van der Waals surface area (Å²) in [6, 6.07) is 5.04. The lowest BCUT2D eigenvalue weighted by molar-refractivity contribution is -0.139. The molecule has 1 aromatic carbocycles. The molecule has 19 heavy (non-hydrogen) atoms. The summed E-state index contributed by atoms with van der Waals surface area (Å²) in [5, 5.41) is 20.5. The van der Waals surface area contributed by atoms with Gasteiger partial charge in [-0.25, -0.2) is 9.59 Å². The first-order valence-electron chi connectivity index (χ1n) is 5.86. The predicted octanol–water partition coefficient (Wildman–Crippen LogP) is 1.52. The second-order valence-electron chi connectivity index (χ2n) is 4.36. The number of phenols is 1. The maximum absolute atomic E-state index is 11.4. The molecule has 3 N–H and O–H groups in total. The SMILES string of the molecule is CC(C)OC(=O)N[C@@H](Cc1ccc(O)cc1)C(=O)O. The minimum absolute atomic E-state index is 0.0998. The Hall–Kier alpha value is -2.24. The summed E-state index contributed by atoms with van der Waals surface area (Å²) in [4.78, 5) is 22.4. The van der Waals surface area contributed by atoms with Gasteiger partial charge in [0.25, 0.3) is 0 Å². The minimum Gasteiger partial charge on any atom is -0.508 e. The second-order valence-corrected chi connectivity index (χ2v) is 4.36. The lowest BCUT2D eigenvalue weighted by Crippen LogP contribution is -2.43. The highest BCUT2D eigenvalue weighted by atomic mass is 16.6. The van der Waals surface area contributed by atoms with Gasteiger partial charge in [-0.1, -0.05) is 12.1 Å². The molecular formula is C13H17NO5. The Labute approximate surface area is 111 Å². The number of alkyl carbamates (subject to hydrolysis) is 1. The molecule has 0 saturated heterocycles. The van der Waals surface area contributed by atoms with Crippen LogP contribution in [-0.4, -0.2) is 34.4 Å². The van der Waals surface area contributed by atoms with Crippen LogP contribution in [0.1, 0.15) is 19.4 Å². The third kappa shape index (κ3) is 5.29. The Morgan fingerprint density at radius 3 is 2.32 bits per heavy atom. The van der Waals surface area contributed by atoms with Gasteiger partial charge in [0.1, 0.15) is 11.8 Å². The number of carbonyl (C=O) groups is 2. The van der Waals surface area contributed by atoms with Crippen molar-refractivity contribution in [2.45, 2.75) is 32.4 Å². The number of carboxylic acids is 1. The highest BCUT2D eigenvalue weighted by Gasteiger charge is 2.21. The van der Waals surface area contributed by atoms with Crippen LogP contribution in [0.4, 0.5) is 4.79 Å². The summed E-state index contributed by atoms with van der Waals surface area (Å²) in [7, 11) is 0. The van der Waals surface area contributed by atoms with Gasteiger partial charge in [-0.2, -0.15) is 0 Å². The molecule has 0 spiro atoms. The highest BCUT2D eigenvalue weighted by molar-refractivity contribution is 5.80. The largest absolute Gasteiger partial charge is 0.508 e. The lowest BCUT2D eigenvalue weighted by atomic mass is 10.1. The van der Waals surface area contributed by atoms with E-state index in [0.717, 1.165) is 0 Å². The number of aliphatic carboxylic acids is 1. The zero-order chi connectivity index (χ0) is 14.4. The van der Waals surface area contributed by atoms with Crippen LogP contribution >= 0.6 is 0 Å². The van der Waals surface area contributed by atoms with E-state index in [4.69, 9.17) is 14.9 Å². The Balaban J connectivity index is 2.65. The number of ether oxygens (including phenoxy) is 1. The summed E-state index contributed by atoms with van der Waals surface area (Å²) in [5.74, 6) is -1.04. The maximum atomic E-state index is 11.4. The van der Waals surface area contributed by atoms with E-state index in [2.05, 4.69) is 5.32 Å². The quantitative estimate of drug-likeness (QED) is 0.751. The number of rotatable bonds is 5. The Bertz CT molecular complexity index is 441. The number of aromatic hydroxyl groups is 1. The fraction of sp³-hybridized carbons (Fsp3) is 0.385. The average molecular weight is 267 g/mol. The molecule has 1 rings (SSSR count). The summed E-state index contributed by atoms with van der Waals surface area (Å²) in [6.07, 6.45) is -0.965. The number of carboxylic acid groups (broad SMARTS) is 1. The molecule has 1 amide bonds. The van der Waals surface area contributed by atoms with Gasteiger partial charge in [-0.05, 0) is 31.5 Å². The molecule has 1 aromatic rings. The summed E-state index contributed by atoms with van der Waals surface area (Å²) < 4.78 is 4.83. The molecule has 0 fully saturated rings. The molecule has 6 heteroatoms. The van der Waals surface area contributed by atoms with Gasteiger partial charge >= 0.3 is 12.1 Å². The zero-order valence-electron chi connectivity index (χ0n) is 10.8. The van der Waals surface area contributed by atoms with Crippen LogP contribution in [0.25, 0.3) is 0 Å². The smallest absolute Gasteiger partial charge is 0.408 e. The third-order valence-electron chi connectivity index (χ3n) is 2.31. The maximum Gasteiger partial charge on any atom is 0.408 e. The molecule has 0 aliphatic heterocycles. The fourth-order valence-corrected chi connectivity index (χ4v) is 1.46. The van der Waals surface area contributed by atoms with Gasteiger partial charge < -0.3 is 20.3 Å². The molecule has 0 aliphatic carbocycles. The molecule has 0 aliphatic rings. The number of phenolic OH excluding ortho intramolecular Hbond substituents is 1. The van der Waals surface area contributed by atoms with Crippen molar-refractivity contribution in [2.24, 2.45) is 0 Å². The molecule has 0 aromatic heterocycles. The van der Waals surface area contributed by atoms with E-state index in [0.29, 0.717) is 5.56 Å². The number of benzene rings is 1. The van der Waals surface area contributed by atoms with Gasteiger partial charge in [-0.3, -0.25) is 0 Å². The van der Waals surface area contributed by atoms with Crippen molar-refractivity contribution in [1.29, 1.82) is 0 Å². The molecular weight excluding hydrogens is 250 g/mol. The topological polar surface area (TPSA) is 95.9 Å². The predicted molar refractivity (Wildman–Crippen MR) is 68.0 cm³/mol. The van der Waals surface area contributed by atoms with Crippen LogP contribution in [0.5, 0.6) is 5.75 Å². The zero-order valence-corrected chi connectivity index (χ0v) is 10.8. The van der Waals surface area contributed by atoms with Crippen LogP contribution in [0.2, 0.25) is 0 Å². The van der Waals surface area contributed by atoms with Crippen LogP contribution in [0.15, 0.2) is 24.3 Å². The fourth-order valence-electron chi connectivity index (χ4n) is 1.46. The number of carbonyl (C=O) groups excluding carboxylic acids is 1. The average Bonchev–Trinajstić information content (AvgIpc) is 2.29. The lowest BCUT2D eigenvalue weighted by Gasteiger charge is -2.16. The van der Waals surface area contributed by atoms with Crippen molar-refractivity contribution in [3.8, 4) is 5.75 Å². The van der Waals surface area contributed by atoms with Crippen LogP contribution in [-0.2, 0) is 16.0 Å². The normalized spacial score (nSPS) is 11.9. The number of nitrogens with one attached hydrogen (secondary N) is 1. The first-order chi connectivity index (χ1) is 8.88. The standard InChI is InChI=1S/C13H17NO5/c1-8(2)19-13(18)14-11(12(16)17)7-9-3-5-10(15)6-4-9/h3-6,8,11,15H,7H2,1-2H3,(H,14,18)(H,16,17)/t11-/m0/s1. The van der Waals surface area contributed by atoms with E-state index < -0.39 is 18.1 Å². The van der Waals surface area contributed by atoms with E-state index in [-0.39, 0.29) is 18.3 Å². The first-order valence-corrected chi connectivity index (χ1v) is 5.86. The first kappa shape index (κ1) is 14.8. The molecule has 0 radical (unpaired) electrons. The summed E-state index contributed by atoms with van der Waals surface area (Å²) in [5.41, 5.74) is 0.690. The van der Waals surface area contributed by atoms with Gasteiger partial charge in [0.15, 0.2) is 0 Å². The van der Waals surface area contributed by atoms with Crippen LogP contribution in [0.3, 0.4) is 0 Å². The monoisotopic (exact) mass is 267 g/mol. The van der Waals surface area contributed by atoms with Crippen LogP contribution < -0.4 is 5.32 Å². The van der Waals surface area contributed by atoms with E-state index in [1.165, 1.54) is 12.1 Å². The summed E-state index contributed by atoms with van der Waals surface area (Å²) >= 11 is 0. The summed E-state index contributed by atoms with van der Waals surface area (Å²) in [6.45, 7) is 3.35. The van der Waals surface area contributed by atoms with Crippen LogP contribution in [0, 0.1) is 0 Å². The van der Waals surface area contributed by atoms with E-state index in [9.17, 15) is 9.59 Å². The molecule has 0 heterocycles. The number of hydrogen-bond donors (Lipinski definition) is 3. The van der Waals surface area contributed by atoms with Crippen molar-refractivity contribution in [3.63, 3.8) is 0 Å². The second kappa shape index (κ2) is 6.63. The number of amides is 1. The van der Waals surface area contributed by atoms with E-state index >= 15 is 0 Å². The van der Waals surface area contributed by atoms with Gasteiger partial charge in [0, 0.05) is 6.42 Å². The molecule has 0 bridgehead atoms. The van der Waals surface area contributed by atoms with Gasteiger partial charge in [0.2, 0.25) is 0 Å². The van der Waals surface area contributed by atoms with Crippen molar-refractivity contribution < 1.29 is 24.5 Å². The Morgan fingerprint density at radius 2 is 1.84 bits per heavy atom. The Kier molecular flexibility index (Phi) is 5.17. The molecule has 0 unspecified atom stereocenters. The molecule has 104 valence electrons. The molecule has 0 saturated carbocycles. The van der Waals surface area contributed by atoms with E-state index in [1.807, 2.05) is 0 Å². The van der Waals surface area contributed by atoms with Gasteiger partial charge in [0.05, 0.1) is 6.10 Å². The number of hydrogen-bond acceptors (Lipinski definition) is 4. The molecule has 1 atom stereocenters. The highest BCUT2D eigenvalue weighted by Crippen LogP contribution is 2.11. The molecule has 6 nitrogen and oxygen atoms in total.